The standard InChI is InChI=1S/C25H23N3OS/c26-17-20-10-4-6-12-23(20)30-24-13-7-5-11-22(24)25(29)28-15-14-27-18-21(28)16-19-8-2-1-3-9-19/h1-13,21,27H,14-16,18H2. The van der Waals surface area contributed by atoms with E-state index in [0.717, 1.165) is 29.3 Å². The molecule has 1 heterocycles. The summed E-state index contributed by atoms with van der Waals surface area (Å²) >= 11 is 1.48. The van der Waals surface area contributed by atoms with Gasteiger partial charge in [-0.25, -0.2) is 0 Å². The van der Waals surface area contributed by atoms with Gasteiger partial charge in [0, 0.05) is 35.5 Å². The molecular formula is C25H23N3OS. The van der Waals surface area contributed by atoms with Gasteiger partial charge in [0.15, 0.2) is 0 Å². The van der Waals surface area contributed by atoms with Crippen molar-refractivity contribution in [3.8, 4) is 6.07 Å². The van der Waals surface area contributed by atoms with Crippen LogP contribution in [0.1, 0.15) is 21.5 Å². The van der Waals surface area contributed by atoms with E-state index in [1.54, 1.807) is 6.07 Å². The van der Waals surface area contributed by atoms with Gasteiger partial charge in [-0.3, -0.25) is 4.79 Å². The molecule has 1 N–H and O–H groups in total. The van der Waals surface area contributed by atoms with E-state index in [9.17, 15) is 10.1 Å². The molecule has 1 unspecified atom stereocenters. The largest absolute Gasteiger partial charge is 0.333 e. The van der Waals surface area contributed by atoms with Crippen molar-refractivity contribution in [2.75, 3.05) is 19.6 Å². The molecule has 4 rings (SSSR count). The van der Waals surface area contributed by atoms with Crippen molar-refractivity contribution in [1.82, 2.24) is 10.2 Å². The number of amides is 1. The van der Waals surface area contributed by atoms with E-state index in [-0.39, 0.29) is 11.9 Å². The second kappa shape index (κ2) is 9.62. The maximum absolute atomic E-state index is 13.6. The van der Waals surface area contributed by atoms with Crippen molar-refractivity contribution in [1.29, 1.82) is 5.26 Å². The Labute approximate surface area is 181 Å². The van der Waals surface area contributed by atoms with Crippen LogP contribution in [0.25, 0.3) is 0 Å². The number of piperazine rings is 1. The molecule has 0 bridgehead atoms. The van der Waals surface area contributed by atoms with Crippen LogP contribution in [-0.4, -0.2) is 36.5 Å². The first-order valence-electron chi connectivity index (χ1n) is 10.1. The van der Waals surface area contributed by atoms with Crippen molar-refractivity contribution in [3.05, 3.63) is 95.6 Å². The Balaban J connectivity index is 1.60. The summed E-state index contributed by atoms with van der Waals surface area (Å²) in [6.45, 7) is 2.26. The first-order valence-corrected chi connectivity index (χ1v) is 10.9. The first-order chi connectivity index (χ1) is 14.8. The molecule has 0 aromatic heterocycles. The van der Waals surface area contributed by atoms with Crippen molar-refractivity contribution in [2.45, 2.75) is 22.3 Å². The topological polar surface area (TPSA) is 56.1 Å². The highest BCUT2D eigenvalue weighted by atomic mass is 32.2. The van der Waals surface area contributed by atoms with Crippen LogP contribution in [0.15, 0.2) is 88.7 Å². The fraction of sp³-hybridized carbons (Fsp3) is 0.200. The quantitative estimate of drug-likeness (QED) is 0.675. The van der Waals surface area contributed by atoms with Crippen LogP contribution in [0.2, 0.25) is 0 Å². The van der Waals surface area contributed by atoms with Crippen LogP contribution in [-0.2, 0) is 6.42 Å². The van der Waals surface area contributed by atoms with Gasteiger partial charge >= 0.3 is 0 Å². The number of hydrogen-bond acceptors (Lipinski definition) is 4. The number of hydrogen-bond donors (Lipinski definition) is 1. The van der Waals surface area contributed by atoms with Crippen molar-refractivity contribution in [2.24, 2.45) is 0 Å². The maximum Gasteiger partial charge on any atom is 0.255 e. The molecule has 1 saturated heterocycles. The van der Waals surface area contributed by atoms with Crippen LogP contribution < -0.4 is 5.32 Å². The van der Waals surface area contributed by atoms with E-state index in [1.807, 2.05) is 65.6 Å². The fourth-order valence-corrected chi connectivity index (χ4v) is 4.77. The van der Waals surface area contributed by atoms with E-state index >= 15 is 0 Å². The third-order valence-electron chi connectivity index (χ3n) is 5.27. The van der Waals surface area contributed by atoms with Gasteiger partial charge in [0.2, 0.25) is 0 Å². The van der Waals surface area contributed by atoms with Gasteiger partial charge < -0.3 is 10.2 Å². The number of nitrogens with one attached hydrogen (secondary N) is 1. The lowest BCUT2D eigenvalue weighted by atomic mass is 10.0. The zero-order valence-corrected chi connectivity index (χ0v) is 17.4. The summed E-state index contributed by atoms with van der Waals surface area (Å²) in [6, 6.07) is 27.8. The summed E-state index contributed by atoms with van der Waals surface area (Å²) in [5.41, 5.74) is 2.54. The minimum atomic E-state index is 0.0509. The fourth-order valence-electron chi connectivity index (χ4n) is 3.75. The van der Waals surface area contributed by atoms with Gasteiger partial charge in [-0.1, -0.05) is 66.4 Å². The molecular weight excluding hydrogens is 390 g/mol. The molecule has 1 aliphatic heterocycles. The molecule has 5 heteroatoms. The van der Waals surface area contributed by atoms with Gasteiger partial charge in [-0.15, -0.1) is 0 Å². The lowest BCUT2D eigenvalue weighted by Crippen LogP contribution is -2.54. The summed E-state index contributed by atoms with van der Waals surface area (Å²) in [5, 5.41) is 12.8. The molecule has 150 valence electrons. The number of benzene rings is 3. The maximum atomic E-state index is 13.6. The first kappa shape index (κ1) is 20.2. The average Bonchev–Trinajstić information content (AvgIpc) is 2.80. The minimum absolute atomic E-state index is 0.0509. The second-order valence-electron chi connectivity index (χ2n) is 7.25. The molecule has 30 heavy (non-hydrogen) atoms. The number of carbonyl (C=O) groups excluding carboxylic acids is 1. The third-order valence-corrected chi connectivity index (χ3v) is 6.42. The number of rotatable bonds is 5. The smallest absolute Gasteiger partial charge is 0.255 e. The van der Waals surface area contributed by atoms with Crippen LogP contribution >= 0.6 is 11.8 Å². The Morgan fingerprint density at radius 3 is 2.50 bits per heavy atom. The van der Waals surface area contributed by atoms with E-state index in [1.165, 1.54) is 17.3 Å². The zero-order valence-electron chi connectivity index (χ0n) is 16.6. The Bertz CT molecular complexity index is 1060. The van der Waals surface area contributed by atoms with E-state index in [4.69, 9.17) is 0 Å². The second-order valence-corrected chi connectivity index (χ2v) is 8.34. The predicted molar refractivity (Wildman–Crippen MR) is 120 cm³/mol. The van der Waals surface area contributed by atoms with Crippen LogP contribution in [0.4, 0.5) is 0 Å². The SMILES string of the molecule is N#Cc1ccccc1Sc1ccccc1C(=O)N1CCNCC1Cc1ccccc1. The highest BCUT2D eigenvalue weighted by molar-refractivity contribution is 7.99. The molecule has 1 amide bonds. The van der Waals surface area contributed by atoms with Gasteiger partial charge in [0.1, 0.15) is 6.07 Å². The van der Waals surface area contributed by atoms with Crippen LogP contribution in [0.3, 0.4) is 0 Å². The third kappa shape index (κ3) is 4.56. The summed E-state index contributed by atoms with van der Waals surface area (Å²) in [4.78, 5) is 17.3. The molecule has 0 aliphatic carbocycles. The molecule has 1 atom stereocenters. The normalized spacial score (nSPS) is 16.1. The molecule has 0 radical (unpaired) electrons. The van der Waals surface area contributed by atoms with Gasteiger partial charge in [0.25, 0.3) is 5.91 Å². The van der Waals surface area contributed by atoms with Gasteiger partial charge in [-0.2, -0.15) is 5.26 Å². The van der Waals surface area contributed by atoms with Crippen molar-refractivity contribution in [3.63, 3.8) is 0 Å². The van der Waals surface area contributed by atoms with Gasteiger partial charge in [-0.05, 0) is 36.2 Å². The van der Waals surface area contributed by atoms with E-state index < -0.39 is 0 Å². The summed E-state index contributed by atoms with van der Waals surface area (Å²) in [7, 11) is 0. The summed E-state index contributed by atoms with van der Waals surface area (Å²) < 4.78 is 0. The zero-order chi connectivity index (χ0) is 20.8. The molecule has 0 saturated carbocycles. The molecule has 1 aliphatic rings. The predicted octanol–water partition coefficient (Wildman–Crippen LogP) is 4.37. The molecule has 4 nitrogen and oxygen atoms in total. The molecule has 1 fully saturated rings. The highest BCUT2D eigenvalue weighted by Gasteiger charge is 2.29. The van der Waals surface area contributed by atoms with E-state index in [0.29, 0.717) is 17.7 Å². The van der Waals surface area contributed by atoms with Crippen LogP contribution in [0.5, 0.6) is 0 Å². The number of carbonyl (C=O) groups is 1. The minimum Gasteiger partial charge on any atom is -0.333 e. The Morgan fingerprint density at radius 2 is 1.70 bits per heavy atom. The monoisotopic (exact) mass is 413 g/mol. The Morgan fingerprint density at radius 1 is 1.00 bits per heavy atom. The van der Waals surface area contributed by atoms with E-state index in [2.05, 4.69) is 23.5 Å². The lowest BCUT2D eigenvalue weighted by molar-refractivity contribution is 0.0632. The molecule has 3 aromatic rings. The summed E-state index contributed by atoms with van der Waals surface area (Å²) in [6.07, 6.45) is 0.826. The van der Waals surface area contributed by atoms with Gasteiger partial charge in [0.05, 0.1) is 11.1 Å². The lowest BCUT2D eigenvalue weighted by Gasteiger charge is -2.37. The number of nitriles is 1. The Hall–Kier alpha value is -3.07. The van der Waals surface area contributed by atoms with Crippen molar-refractivity contribution >= 4 is 17.7 Å². The molecule has 0 spiro atoms. The highest BCUT2D eigenvalue weighted by Crippen LogP contribution is 2.33. The average molecular weight is 414 g/mol. The summed E-state index contributed by atoms with van der Waals surface area (Å²) in [5.74, 6) is 0.0509. The molecule has 3 aromatic carbocycles. The number of nitrogens with zero attached hydrogens (tertiary/aromatic N) is 2. The van der Waals surface area contributed by atoms with Crippen molar-refractivity contribution < 1.29 is 4.79 Å². The Kier molecular flexibility index (Phi) is 6.48. The van der Waals surface area contributed by atoms with Crippen LogP contribution in [0, 0.1) is 11.3 Å².